The van der Waals surface area contributed by atoms with Crippen molar-refractivity contribution in [1.82, 2.24) is 19.6 Å². The zero-order chi connectivity index (χ0) is 13.9. The van der Waals surface area contributed by atoms with E-state index in [2.05, 4.69) is 46.2 Å². The Bertz CT molecular complexity index is 516. The molecule has 4 nitrogen and oxygen atoms in total. The highest BCUT2D eigenvalue weighted by atomic mass is 32.1. The van der Waals surface area contributed by atoms with Gasteiger partial charge in [0.1, 0.15) is 0 Å². The molecule has 2 aromatic heterocycles. The third kappa shape index (κ3) is 3.40. The van der Waals surface area contributed by atoms with Gasteiger partial charge in [-0.1, -0.05) is 13.8 Å². The van der Waals surface area contributed by atoms with Crippen molar-refractivity contribution in [3.63, 3.8) is 0 Å². The summed E-state index contributed by atoms with van der Waals surface area (Å²) in [7, 11) is 0. The minimum Gasteiger partial charge on any atom is -0.314 e. The van der Waals surface area contributed by atoms with E-state index in [0.717, 1.165) is 24.0 Å². The average molecular weight is 292 g/mol. The molecule has 0 aromatic carbocycles. The molecule has 1 saturated heterocycles. The van der Waals surface area contributed by atoms with Crippen molar-refractivity contribution in [1.29, 1.82) is 0 Å². The van der Waals surface area contributed by atoms with Crippen LogP contribution < -0.4 is 5.32 Å². The molecular weight excluding hydrogens is 268 g/mol. The first-order valence-electron chi connectivity index (χ1n) is 7.57. The number of hydrogen-bond donors (Lipinski definition) is 1. The van der Waals surface area contributed by atoms with Gasteiger partial charge in [0.25, 0.3) is 0 Å². The number of piperidine rings is 1. The van der Waals surface area contributed by atoms with E-state index in [1.807, 2.05) is 0 Å². The lowest BCUT2D eigenvalue weighted by Crippen LogP contribution is -2.40. The Labute approximate surface area is 124 Å². The molecule has 0 bridgehead atoms. The second kappa shape index (κ2) is 6.24. The molecule has 0 amide bonds. The van der Waals surface area contributed by atoms with Crippen LogP contribution in [-0.2, 0) is 6.54 Å². The van der Waals surface area contributed by atoms with Crippen LogP contribution in [0.5, 0.6) is 0 Å². The third-order valence-corrected chi connectivity index (χ3v) is 4.72. The summed E-state index contributed by atoms with van der Waals surface area (Å²) in [6.07, 6.45) is 6.92. The van der Waals surface area contributed by atoms with Gasteiger partial charge in [-0.2, -0.15) is 0 Å². The zero-order valence-electron chi connectivity index (χ0n) is 12.4. The summed E-state index contributed by atoms with van der Waals surface area (Å²) >= 11 is 1.71. The quantitative estimate of drug-likeness (QED) is 0.919. The van der Waals surface area contributed by atoms with Crippen LogP contribution in [0.4, 0.5) is 0 Å². The van der Waals surface area contributed by atoms with E-state index in [1.165, 1.54) is 31.6 Å². The molecule has 1 fully saturated rings. The fraction of sp³-hybridized carbons (Fsp3) is 0.667. The maximum absolute atomic E-state index is 4.69. The van der Waals surface area contributed by atoms with Crippen molar-refractivity contribution < 1.29 is 0 Å². The van der Waals surface area contributed by atoms with Gasteiger partial charge in [0, 0.05) is 36.9 Å². The Morgan fingerprint density at radius 1 is 1.50 bits per heavy atom. The van der Waals surface area contributed by atoms with Crippen molar-refractivity contribution in [3.05, 3.63) is 23.5 Å². The zero-order valence-corrected chi connectivity index (χ0v) is 13.2. The number of nitrogens with zero attached hydrogens (tertiary/aromatic N) is 3. The topological polar surface area (TPSA) is 32.6 Å². The van der Waals surface area contributed by atoms with Crippen molar-refractivity contribution >= 4 is 16.3 Å². The molecule has 20 heavy (non-hydrogen) atoms. The maximum atomic E-state index is 4.69. The monoisotopic (exact) mass is 292 g/mol. The van der Waals surface area contributed by atoms with E-state index < -0.39 is 0 Å². The van der Waals surface area contributed by atoms with E-state index in [0.29, 0.717) is 6.04 Å². The summed E-state index contributed by atoms with van der Waals surface area (Å²) in [6.45, 7) is 8.99. The van der Waals surface area contributed by atoms with Crippen molar-refractivity contribution in [2.24, 2.45) is 5.92 Å². The normalized spacial score (nSPS) is 21.1. The van der Waals surface area contributed by atoms with Crippen LogP contribution in [0.1, 0.15) is 32.4 Å². The lowest BCUT2D eigenvalue weighted by Gasteiger charge is -2.32. The van der Waals surface area contributed by atoms with Gasteiger partial charge in [0.15, 0.2) is 4.96 Å². The fourth-order valence-electron chi connectivity index (χ4n) is 2.95. The molecule has 3 rings (SSSR count). The summed E-state index contributed by atoms with van der Waals surface area (Å²) < 4.78 is 2.13. The second-order valence-corrected chi connectivity index (χ2v) is 7.00. The van der Waals surface area contributed by atoms with Crippen LogP contribution >= 0.6 is 11.3 Å². The van der Waals surface area contributed by atoms with Gasteiger partial charge in [-0.25, -0.2) is 4.98 Å². The number of thiazole rings is 1. The molecule has 110 valence electrons. The Morgan fingerprint density at radius 3 is 3.20 bits per heavy atom. The standard InChI is InChI=1S/C15H24N4S/c1-12(2)16-8-13-4-3-5-18(9-13)10-14-11-19-6-7-20-15(19)17-14/h6-7,11-13,16H,3-5,8-10H2,1-2H3. The largest absolute Gasteiger partial charge is 0.314 e. The lowest BCUT2D eigenvalue weighted by atomic mass is 9.97. The first-order chi connectivity index (χ1) is 9.70. The molecule has 1 aliphatic heterocycles. The molecular formula is C15H24N4S. The minimum atomic E-state index is 0.588. The summed E-state index contributed by atoms with van der Waals surface area (Å²) in [4.78, 5) is 8.35. The highest BCUT2D eigenvalue weighted by molar-refractivity contribution is 7.15. The summed E-state index contributed by atoms with van der Waals surface area (Å²) in [6, 6.07) is 0.588. The van der Waals surface area contributed by atoms with E-state index >= 15 is 0 Å². The molecule has 0 saturated carbocycles. The summed E-state index contributed by atoms with van der Waals surface area (Å²) in [5, 5.41) is 5.66. The summed E-state index contributed by atoms with van der Waals surface area (Å²) in [5.74, 6) is 0.787. The molecule has 0 aliphatic carbocycles. The molecule has 1 atom stereocenters. The van der Waals surface area contributed by atoms with E-state index in [-0.39, 0.29) is 0 Å². The first-order valence-corrected chi connectivity index (χ1v) is 8.45. The highest BCUT2D eigenvalue weighted by Crippen LogP contribution is 2.19. The van der Waals surface area contributed by atoms with Crippen LogP contribution in [0.25, 0.3) is 4.96 Å². The molecule has 0 radical (unpaired) electrons. The number of rotatable bonds is 5. The highest BCUT2D eigenvalue weighted by Gasteiger charge is 2.20. The van der Waals surface area contributed by atoms with Crippen molar-refractivity contribution in [3.8, 4) is 0 Å². The van der Waals surface area contributed by atoms with Gasteiger partial charge in [-0.05, 0) is 31.8 Å². The maximum Gasteiger partial charge on any atom is 0.193 e. The number of fused-ring (bicyclic) bond motifs is 1. The third-order valence-electron chi connectivity index (χ3n) is 3.95. The summed E-state index contributed by atoms with van der Waals surface area (Å²) in [5.41, 5.74) is 1.20. The SMILES string of the molecule is CC(C)NCC1CCCN(Cc2cn3ccsc3n2)C1. The molecule has 3 heterocycles. The van der Waals surface area contributed by atoms with Gasteiger partial charge >= 0.3 is 0 Å². The van der Waals surface area contributed by atoms with Gasteiger partial charge in [-0.3, -0.25) is 9.30 Å². The smallest absolute Gasteiger partial charge is 0.193 e. The molecule has 0 spiro atoms. The van der Waals surface area contributed by atoms with E-state index in [9.17, 15) is 0 Å². The number of aromatic nitrogens is 2. The molecule has 1 N–H and O–H groups in total. The number of hydrogen-bond acceptors (Lipinski definition) is 4. The van der Waals surface area contributed by atoms with Crippen LogP contribution in [0.3, 0.4) is 0 Å². The Morgan fingerprint density at radius 2 is 2.40 bits per heavy atom. The average Bonchev–Trinajstić information content (AvgIpc) is 2.97. The molecule has 1 aliphatic rings. The van der Waals surface area contributed by atoms with Crippen molar-refractivity contribution in [2.45, 2.75) is 39.3 Å². The van der Waals surface area contributed by atoms with Crippen LogP contribution in [0, 0.1) is 5.92 Å². The van der Waals surface area contributed by atoms with Crippen LogP contribution in [0.15, 0.2) is 17.8 Å². The Kier molecular flexibility index (Phi) is 4.38. The predicted molar refractivity (Wildman–Crippen MR) is 84.2 cm³/mol. The second-order valence-electron chi connectivity index (χ2n) is 6.13. The molecule has 1 unspecified atom stereocenters. The van der Waals surface area contributed by atoms with Gasteiger partial charge < -0.3 is 5.32 Å². The molecule has 5 heteroatoms. The van der Waals surface area contributed by atoms with Crippen molar-refractivity contribution in [2.75, 3.05) is 19.6 Å². The van der Waals surface area contributed by atoms with Gasteiger partial charge in [0.2, 0.25) is 0 Å². The Balaban J connectivity index is 1.55. The minimum absolute atomic E-state index is 0.588. The predicted octanol–water partition coefficient (Wildman–Crippen LogP) is 2.61. The van der Waals surface area contributed by atoms with Crippen LogP contribution in [-0.4, -0.2) is 40.0 Å². The first kappa shape index (κ1) is 14.0. The number of likely N-dealkylation sites (tertiary alicyclic amines) is 1. The fourth-order valence-corrected chi connectivity index (χ4v) is 3.66. The number of imidazole rings is 1. The van der Waals surface area contributed by atoms with Gasteiger partial charge in [0.05, 0.1) is 5.69 Å². The Hall–Kier alpha value is -0.910. The lowest BCUT2D eigenvalue weighted by molar-refractivity contribution is 0.162. The molecule has 2 aromatic rings. The van der Waals surface area contributed by atoms with Gasteiger partial charge in [-0.15, -0.1) is 11.3 Å². The van der Waals surface area contributed by atoms with Crippen LogP contribution in [0.2, 0.25) is 0 Å². The van der Waals surface area contributed by atoms with E-state index in [1.54, 1.807) is 11.3 Å². The number of nitrogens with one attached hydrogen (secondary N) is 1. The van der Waals surface area contributed by atoms with E-state index in [4.69, 9.17) is 4.98 Å².